The minimum atomic E-state index is -1.02. The van der Waals surface area contributed by atoms with Gasteiger partial charge in [-0.25, -0.2) is 0 Å². The van der Waals surface area contributed by atoms with Crippen LogP contribution in [0.3, 0.4) is 0 Å². The second kappa shape index (κ2) is 8.34. The molecule has 0 heterocycles. The van der Waals surface area contributed by atoms with Gasteiger partial charge < -0.3 is 10.3 Å². The number of nitrogens with one attached hydrogen (secondary N) is 1. The summed E-state index contributed by atoms with van der Waals surface area (Å²) in [5.74, 6) is -0.290. The van der Waals surface area contributed by atoms with Crippen molar-refractivity contribution in [1.82, 2.24) is 5.48 Å². The molecule has 0 spiro atoms. The number of aliphatic carboxylic acids is 1. The van der Waals surface area contributed by atoms with Crippen LogP contribution in [0.4, 0.5) is 0 Å². The standard InChI is InChI=1S/C5H11NO3S.Co/c1-10-3-2-4(6-9)5(7)8;/h4,6,9H,2-3H2,1H3,(H,7,8);/t4-;/m0./s1. The molecule has 0 aromatic heterocycles. The molecule has 0 rings (SSSR count). The molecule has 69 valence electrons. The molecule has 6 heteroatoms. The normalized spacial score (nSPS) is 11.8. The van der Waals surface area contributed by atoms with E-state index in [1.165, 1.54) is 0 Å². The maximum absolute atomic E-state index is 10.2. The van der Waals surface area contributed by atoms with Gasteiger partial charge in [0.25, 0.3) is 0 Å². The van der Waals surface area contributed by atoms with Crippen LogP contribution in [-0.2, 0) is 21.6 Å². The van der Waals surface area contributed by atoms with Gasteiger partial charge in [0.1, 0.15) is 6.04 Å². The molecule has 0 unspecified atom stereocenters. The zero-order chi connectivity index (χ0) is 7.98. The molecule has 0 aliphatic heterocycles. The largest absolute Gasteiger partial charge is 0.480 e. The molecule has 11 heavy (non-hydrogen) atoms. The zero-order valence-corrected chi connectivity index (χ0v) is 7.89. The summed E-state index contributed by atoms with van der Waals surface area (Å²) >= 11 is 1.55. The molecule has 0 aromatic rings. The summed E-state index contributed by atoms with van der Waals surface area (Å²) < 4.78 is 0. The van der Waals surface area contributed by atoms with Gasteiger partial charge in [0.15, 0.2) is 0 Å². The second-order valence-electron chi connectivity index (χ2n) is 1.80. The molecule has 0 amide bonds. The van der Waals surface area contributed by atoms with Gasteiger partial charge in [0.2, 0.25) is 0 Å². The number of carboxylic acids is 1. The Hall–Kier alpha value is 0.246. The molecule has 1 atom stereocenters. The predicted octanol–water partition coefficient (Wildman–Crippen LogP) is 0.169. The van der Waals surface area contributed by atoms with Crippen LogP contribution in [0.2, 0.25) is 0 Å². The van der Waals surface area contributed by atoms with Crippen molar-refractivity contribution in [2.24, 2.45) is 0 Å². The summed E-state index contributed by atoms with van der Waals surface area (Å²) in [6, 6.07) is -0.826. The minimum absolute atomic E-state index is 0. The Labute approximate surface area is 79.9 Å². The Balaban J connectivity index is 0. The van der Waals surface area contributed by atoms with E-state index in [4.69, 9.17) is 10.3 Å². The molecule has 0 aromatic carbocycles. The number of hydrogen-bond acceptors (Lipinski definition) is 4. The quantitative estimate of drug-likeness (QED) is 0.581. The maximum Gasteiger partial charge on any atom is 0.323 e. The summed E-state index contributed by atoms with van der Waals surface area (Å²) in [5, 5.41) is 16.7. The van der Waals surface area contributed by atoms with E-state index in [0.717, 1.165) is 5.75 Å². The van der Waals surface area contributed by atoms with Crippen molar-refractivity contribution < 1.29 is 31.9 Å². The Morgan fingerprint density at radius 3 is 2.55 bits per heavy atom. The number of rotatable bonds is 5. The van der Waals surface area contributed by atoms with Crippen molar-refractivity contribution in [2.45, 2.75) is 12.5 Å². The molecule has 4 nitrogen and oxygen atoms in total. The first-order valence-corrected chi connectivity index (χ1v) is 4.23. The van der Waals surface area contributed by atoms with Gasteiger partial charge in [-0.05, 0) is 18.4 Å². The summed E-state index contributed by atoms with van der Waals surface area (Å²) in [5.41, 5.74) is 1.72. The SMILES string of the molecule is CSCC[C@H](NO)C(=O)O.[Co]. The Kier molecular flexibility index (Phi) is 10.5. The van der Waals surface area contributed by atoms with Crippen molar-refractivity contribution >= 4 is 17.7 Å². The Morgan fingerprint density at radius 2 is 2.27 bits per heavy atom. The van der Waals surface area contributed by atoms with E-state index in [0.29, 0.717) is 6.42 Å². The number of carboxylic acid groups (broad SMARTS) is 1. The van der Waals surface area contributed by atoms with Crippen LogP contribution in [0, 0.1) is 0 Å². The van der Waals surface area contributed by atoms with Gasteiger partial charge in [0, 0.05) is 16.8 Å². The van der Waals surface area contributed by atoms with Crippen LogP contribution in [0.5, 0.6) is 0 Å². The van der Waals surface area contributed by atoms with Crippen LogP contribution < -0.4 is 5.48 Å². The third kappa shape index (κ3) is 6.64. The molecule has 0 aliphatic carbocycles. The Morgan fingerprint density at radius 1 is 1.73 bits per heavy atom. The molecule has 0 saturated carbocycles. The molecular weight excluding hydrogens is 213 g/mol. The van der Waals surface area contributed by atoms with Crippen molar-refractivity contribution in [3.8, 4) is 0 Å². The molecule has 1 radical (unpaired) electrons. The minimum Gasteiger partial charge on any atom is -0.480 e. The topological polar surface area (TPSA) is 69.6 Å². The molecule has 0 saturated heterocycles. The number of hydrogen-bond donors (Lipinski definition) is 3. The van der Waals surface area contributed by atoms with Crippen molar-refractivity contribution in [1.29, 1.82) is 0 Å². The van der Waals surface area contributed by atoms with Crippen LogP contribution in [-0.4, -0.2) is 34.3 Å². The first kappa shape index (κ1) is 13.8. The predicted molar refractivity (Wildman–Crippen MR) is 39.3 cm³/mol. The average molecular weight is 224 g/mol. The van der Waals surface area contributed by atoms with Gasteiger partial charge in [0.05, 0.1) is 0 Å². The van der Waals surface area contributed by atoms with E-state index < -0.39 is 12.0 Å². The van der Waals surface area contributed by atoms with Gasteiger partial charge >= 0.3 is 5.97 Å². The van der Waals surface area contributed by atoms with Crippen LogP contribution in [0.1, 0.15) is 6.42 Å². The molecule has 0 bridgehead atoms. The van der Waals surface area contributed by atoms with E-state index in [-0.39, 0.29) is 16.8 Å². The monoisotopic (exact) mass is 224 g/mol. The number of carbonyl (C=O) groups is 1. The summed E-state index contributed by atoms with van der Waals surface area (Å²) in [7, 11) is 0. The fourth-order valence-electron chi connectivity index (χ4n) is 0.479. The summed E-state index contributed by atoms with van der Waals surface area (Å²) in [6.07, 6.45) is 2.32. The van der Waals surface area contributed by atoms with Crippen molar-refractivity contribution in [3.05, 3.63) is 0 Å². The maximum atomic E-state index is 10.2. The summed E-state index contributed by atoms with van der Waals surface area (Å²) in [4.78, 5) is 10.2. The van der Waals surface area contributed by atoms with E-state index in [1.54, 1.807) is 17.2 Å². The molecule has 0 fully saturated rings. The van der Waals surface area contributed by atoms with E-state index >= 15 is 0 Å². The van der Waals surface area contributed by atoms with Gasteiger partial charge in [-0.1, -0.05) is 0 Å². The number of thioether (sulfide) groups is 1. The fourth-order valence-corrected chi connectivity index (χ4v) is 0.950. The summed E-state index contributed by atoms with van der Waals surface area (Å²) in [6.45, 7) is 0. The van der Waals surface area contributed by atoms with E-state index in [2.05, 4.69) is 0 Å². The zero-order valence-electron chi connectivity index (χ0n) is 6.04. The van der Waals surface area contributed by atoms with Gasteiger partial charge in [-0.2, -0.15) is 17.2 Å². The van der Waals surface area contributed by atoms with Gasteiger partial charge in [-0.15, -0.1) is 0 Å². The van der Waals surface area contributed by atoms with E-state index in [9.17, 15) is 4.79 Å². The van der Waals surface area contributed by atoms with Crippen LogP contribution in [0.15, 0.2) is 0 Å². The van der Waals surface area contributed by atoms with Crippen LogP contribution in [0.25, 0.3) is 0 Å². The first-order valence-electron chi connectivity index (χ1n) is 2.83. The molecule has 3 N–H and O–H groups in total. The van der Waals surface area contributed by atoms with E-state index in [1.807, 2.05) is 6.26 Å². The molecular formula is C5H11CoNO3S. The third-order valence-corrected chi connectivity index (χ3v) is 1.71. The molecule has 0 aliphatic rings. The van der Waals surface area contributed by atoms with Crippen LogP contribution >= 0.6 is 11.8 Å². The Bertz CT molecular complexity index is 114. The first-order chi connectivity index (χ1) is 4.72. The van der Waals surface area contributed by atoms with Crippen molar-refractivity contribution in [2.75, 3.05) is 12.0 Å². The van der Waals surface area contributed by atoms with Crippen molar-refractivity contribution in [3.63, 3.8) is 0 Å². The fraction of sp³-hybridized carbons (Fsp3) is 0.800. The smallest absolute Gasteiger partial charge is 0.323 e. The average Bonchev–Trinajstić information content (AvgIpc) is 1.89. The number of hydroxylamine groups is 1. The van der Waals surface area contributed by atoms with Gasteiger partial charge in [-0.3, -0.25) is 4.79 Å². The second-order valence-corrected chi connectivity index (χ2v) is 2.79. The third-order valence-electron chi connectivity index (χ3n) is 1.06.